The van der Waals surface area contributed by atoms with Gasteiger partial charge in [0.1, 0.15) is 0 Å². The largest absolute Gasteiger partial charge is 0.336 e. The molecule has 1 atom stereocenters. The number of amides is 1. The minimum Gasteiger partial charge on any atom is -0.336 e. The van der Waals surface area contributed by atoms with Gasteiger partial charge in [-0.1, -0.05) is 18.2 Å². The van der Waals surface area contributed by atoms with Crippen LogP contribution in [0.15, 0.2) is 18.2 Å². The smallest absolute Gasteiger partial charge is 0.239 e. The van der Waals surface area contributed by atoms with E-state index >= 15 is 0 Å². The first kappa shape index (κ1) is 12.1. The lowest BCUT2D eigenvalue weighted by atomic mass is 10.0. The molecule has 0 spiro atoms. The van der Waals surface area contributed by atoms with Crippen molar-refractivity contribution in [3.05, 3.63) is 34.9 Å². The van der Waals surface area contributed by atoms with Crippen molar-refractivity contribution in [2.24, 2.45) is 0 Å². The van der Waals surface area contributed by atoms with Crippen molar-refractivity contribution in [3.8, 4) is 0 Å². The van der Waals surface area contributed by atoms with Gasteiger partial charge >= 0.3 is 0 Å². The average molecular weight is 232 g/mol. The first-order valence-corrected chi connectivity index (χ1v) is 6.17. The Bertz CT molecular complexity index is 408. The summed E-state index contributed by atoms with van der Waals surface area (Å²) in [5.74, 6) is 0.207. The van der Waals surface area contributed by atoms with Crippen LogP contribution in [-0.2, 0) is 11.3 Å². The molecule has 3 heteroatoms. The monoisotopic (exact) mass is 232 g/mol. The highest BCUT2D eigenvalue weighted by Gasteiger charge is 2.25. The number of piperazine rings is 1. The maximum atomic E-state index is 12.0. The summed E-state index contributed by atoms with van der Waals surface area (Å²) in [6, 6.07) is 6.24. The van der Waals surface area contributed by atoms with Crippen molar-refractivity contribution in [3.63, 3.8) is 0 Å². The van der Waals surface area contributed by atoms with E-state index in [1.165, 1.54) is 16.7 Å². The molecule has 1 saturated heterocycles. The molecular weight excluding hydrogens is 212 g/mol. The van der Waals surface area contributed by atoms with Crippen LogP contribution in [0, 0.1) is 13.8 Å². The summed E-state index contributed by atoms with van der Waals surface area (Å²) in [7, 11) is 0. The number of hydrogen-bond acceptors (Lipinski definition) is 2. The maximum Gasteiger partial charge on any atom is 0.239 e. The average Bonchev–Trinajstić information content (AvgIpc) is 2.29. The maximum absolute atomic E-state index is 12.0. The van der Waals surface area contributed by atoms with Gasteiger partial charge in [0.05, 0.1) is 6.04 Å². The molecule has 2 rings (SSSR count). The Morgan fingerprint density at radius 3 is 2.65 bits per heavy atom. The van der Waals surface area contributed by atoms with Gasteiger partial charge in [-0.3, -0.25) is 4.79 Å². The van der Waals surface area contributed by atoms with Crippen LogP contribution in [0.5, 0.6) is 0 Å². The minimum absolute atomic E-state index is 0.0481. The summed E-state index contributed by atoms with van der Waals surface area (Å²) in [6.07, 6.45) is 0. The number of nitrogens with one attached hydrogen (secondary N) is 1. The minimum atomic E-state index is -0.0481. The highest BCUT2D eigenvalue weighted by atomic mass is 16.2. The van der Waals surface area contributed by atoms with Crippen molar-refractivity contribution in [2.75, 3.05) is 13.1 Å². The molecule has 0 bridgehead atoms. The Morgan fingerprint density at radius 2 is 2.00 bits per heavy atom. The van der Waals surface area contributed by atoms with E-state index in [1.807, 2.05) is 11.8 Å². The van der Waals surface area contributed by atoms with E-state index < -0.39 is 0 Å². The van der Waals surface area contributed by atoms with Crippen LogP contribution < -0.4 is 5.32 Å². The van der Waals surface area contributed by atoms with Crippen LogP contribution in [0.25, 0.3) is 0 Å². The highest BCUT2D eigenvalue weighted by molar-refractivity contribution is 5.82. The van der Waals surface area contributed by atoms with Gasteiger partial charge in [0.15, 0.2) is 0 Å². The standard InChI is InChI=1S/C14H20N2O/c1-10-5-4-6-11(2)13(10)9-16-8-7-15-12(3)14(16)17/h4-6,12,15H,7-9H2,1-3H3. The lowest BCUT2D eigenvalue weighted by Gasteiger charge is -2.32. The van der Waals surface area contributed by atoms with Gasteiger partial charge in [-0.05, 0) is 37.5 Å². The molecule has 0 saturated carbocycles. The molecule has 1 N–H and O–H groups in total. The van der Waals surface area contributed by atoms with Crippen LogP contribution in [0.1, 0.15) is 23.6 Å². The molecule has 1 unspecified atom stereocenters. The van der Waals surface area contributed by atoms with Crippen molar-refractivity contribution in [1.82, 2.24) is 10.2 Å². The molecule has 17 heavy (non-hydrogen) atoms. The Hall–Kier alpha value is -1.35. The van der Waals surface area contributed by atoms with E-state index in [1.54, 1.807) is 0 Å². The number of nitrogens with zero attached hydrogens (tertiary/aromatic N) is 1. The molecule has 0 aromatic heterocycles. The van der Waals surface area contributed by atoms with Crippen LogP contribution in [-0.4, -0.2) is 29.9 Å². The number of carbonyl (C=O) groups excluding carboxylic acids is 1. The van der Waals surface area contributed by atoms with Gasteiger partial charge in [0.25, 0.3) is 0 Å². The quantitative estimate of drug-likeness (QED) is 0.840. The van der Waals surface area contributed by atoms with Gasteiger partial charge in [-0.15, -0.1) is 0 Å². The van der Waals surface area contributed by atoms with Gasteiger partial charge in [-0.25, -0.2) is 0 Å². The summed E-state index contributed by atoms with van der Waals surface area (Å²) in [4.78, 5) is 14.0. The molecule has 92 valence electrons. The van der Waals surface area contributed by atoms with Crippen LogP contribution in [0.3, 0.4) is 0 Å². The number of rotatable bonds is 2. The SMILES string of the molecule is Cc1cccc(C)c1CN1CCNC(C)C1=O. The Kier molecular flexibility index (Phi) is 3.48. The number of aryl methyl sites for hydroxylation is 2. The lowest BCUT2D eigenvalue weighted by molar-refractivity contribution is -0.135. The van der Waals surface area contributed by atoms with E-state index in [2.05, 4.69) is 37.4 Å². The summed E-state index contributed by atoms with van der Waals surface area (Å²) >= 11 is 0. The van der Waals surface area contributed by atoms with E-state index in [-0.39, 0.29) is 11.9 Å². The summed E-state index contributed by atoms with van der Waals surface area (Å²) < 4.78 is 0. The fourth-order valence-corrected chi connectivity index (χ4v) is 2.33. The zero-order chi connectivity index (χ0) is 12.4. The first-order chi connectivity index (χ1) is 8.09. The number of benzene rings is 1. The normalized spacial score (nSPS) is 20.8. The van der Waals surface area contributed by atoms with E-state index in [4.69, 9.17) is 0 Å². The highest BCUT2D eigenvalue weighted by Crippen LogP contribution is 2.17. The fraction of sp³-hybridized carbons (Fsp3) is 0.500. The molecule has 0 aliphatic carbocycles. The molecule has 1 aliphatic rings. The third-order valence-corrected chi connectivity index (χ3v) is 3.51. The Morgan fingerprint density at radius 1 is 1.35 bits per heavy atom. The molecule has 1 aromatic rings. The van der Waals surface area contributed by atoms with Crippen molar-refractivity contribution < 1.29 is 4.79 Å². The Labute approximate surface area is 103 Å². The Balaban J connectivity index is 2.18. The molecule has 1 heterocycles. The molecule has 1 aromatic carbocycles. The second kappa shape index (κ2) is 4.88. The predicted molar refractivity (Wildman–Crippen MR) is 68.8 cm³/mol. The van der Waals surface area contributed by atoms with Crippen molar-refractivity contribution >= 4 is 5.91 Å². The first-order valence-electron chi connectivity index (χ1n) is 6.17. The zero-order valence-corrected chi connectivity index (χ0v) is 10.8. The molecule has 1 fully saturated rings. The van der Waals surface area contributed by atoms with E-state index in [0.717, 1.165) is 19.6 Å². The molecule has 1 aliphatic heterocycles. The van der Waals surface area contributed by atoms with Crippen LogP contribution in [0.2, 0.25) is 0 Å². The van der Waals surface area contributed by atoms with Crippen molar-refractivity contribution in [2.45, 2.75) is 33.4 Å². The molecule has 3 nitrogen and oxygen atoms in total. The molecule has 0 radical (unpaired) electrons. The van der Waals surface area contributed by atoms with Gasteiger partial charge in [0.2, 0.25) is 5.91 Å². The zero-order valence-electron chi connectivity index (χ0n) is 10.8. The topological polar surface area (TPSA) is 32.3 Å². The number of hydrogen-bond donors (Lipinski definition) is 1. The van der Waals surface area contributed by atoms with Gasteiger partial charge in [0, 0.05) is 19.6 Å². The summed E-state index contributed by atoms with van der Waals surface area (Å²) in [6.45, 7) is 8.58. The molecule has 1 amide bonds. The van der Waals surface area contributed by atoms with E-state index in [0.29, 0.717) is 0 Å². The summed E-state index contributed by atoms with van der Waals surface area (Å²) in [5, 5.41) is 3.19. The predicted octanol–water partition coefficient (Wildman–Crippen LogP) is 1.62. The van der Waals surface area contributed by atoms with Crippen LogP contribution in [0.4, 0.5) is 0 Å². The number of carbonyl (C=O) groups is 1. The third kappa shape index (κ3) is 2.50. The van der Waals surface area contributed by atoms with Crippen LogP contribution >= 0.6 is 0 Å². The summed E-state index contributed by atoms with van der Waals surface area (Å²) in [5.41, 5.74) is 3.82. The van der Waals surface area contributed by atoms with Gasteiger partial charge < -0.3 is 10.2 Å². The fourth-order valence-electron chi connectivity index (χ4n) is 2.33. The second-order valence-corrected chi connectivity index (χ2v) is 4.81. The van der Waals surface area contributed by atoms with E-state index in [9.17, 15) is 4.79 Å². The van der Waals surface area contributed by atoms with Gasteiger partial charge in [-0.2, -0.15) is 0 Å². The van der Waals surface area contributed by atoms with Crippen molar-refractivity contribution in [1.29, 1.82) is 0 Å². The molecular formula is C14H20N2O. The third-order valence-electron chi connectivity index (χ3n) is 3.51. The lowest BCUT2D eigenvalue weighted by Crippen LogP contribution is -2.53. The second-order valence-electron chi connectivity index (χ2n) is 4.81.